The molecular weight excluding hydrogens is 388 g/mol. The molecule has 0 spiro atoms. The van der Waals surface area contributed by atoms with Crippen LogP contribution in [0, 0.1) is 0 Å². The molecule has 2 aromatic heterocycles. The molecule has 1 amide bonds. The summed E-state index contributed by atoms with van der Waals surface area (Å²) in [6.45, 7) is 4.04. The predicted octanol–water partition coefficient (Wildman–Crippen LogP) is 4.95. The Hall–Kier alpha value is -2.12. The number of thiophene rings is 1. The lowest BCUT2D eigenvalue weighted by molar-refractivity contribution is -0.115. The molecular formula is C21H24N4OS2. The summed E-state index contributed by atoms with van der Waals surface area (Å²) in [5.74, 6) is 0.981. The third-order valence-corrected chi connectivity index (χ3v) is 6.77. The van der Waals surface area contributed by atoms with E-state index in [0.717, 1.165) is 42.4 Å². The van der Waals surface area contributed by atoms with Crippen molar-refractivity contribution in [1.29, 1.82) is 0 Å². The number of nitrogens with zero attached hydrogens (tertiary/aromatic N) is 3. The van der Waals surface area contributed by atoms with Crippen molar-refractivity contribution in [3.05, 3.63) is 58.0 Å². The van der Waals surface area contributed by atoms with Gasteiger partial charge >= 0.3 is 0 Å². The van der Waals surface area contributed by atoms with E-state index in [4.69, 9.17) is 0 Å². The second-order valence-corrected chi connectivity index (χ2v) is 9.40. The largest absolute Gasteiger partial charge is 0.325 e. The SMILES string of the molecule is CCc1ccc(NC(=O)[C@H](C)Sc2nnc(Cc3cccs3)n2C2CC2)cc1. The van der Waals surface area contributed by atoms with Gasteiger partial charge < -0.3 is 9.88 Å². The van der Waals surface area contributed by atoms with Gasteiger partial charge in [-0.15, -0.1) is 21.5 Å². The zero-order valence-electron chi connectivity index (χ0n) is 16.1. The van der Waals surface area contributed by atoms with Crippen LogP contribution in [0.15, 0.2) is 46.9 Å². The van der Waals surface area contributed by atoms with Gasteiger partial charge in [0.05, 0.1) is 5.25 Å². The Morgan fingerprint density at radius 1 is 1.29 bits per heavy atom. The predicted molar refractivity (Wildman–Crippen MR) is 115 cm³/mol. The lowest BCUT2D eigenvalue weighted by atomic mass is 10.1. The van der Waals surface area contributed by atoms with Gasteiger partial charge in [-0.1, -0.05) is 36.9 Å². The number of carbonyl (C=O) groups is 1. The minimum Gasteiger partial charge on any atom is -0.325 e. The first kappa shape index (κ1) is 19.2. The minimum absolute atomic E-state index is 0.0144. The lowest BCUT2D eigenvalue weighted by Gasteiger charge is -2.13. The van der Waals surface area contributed by atoms with Crippen molar-refractivity contribution in [3.8, 4) is 0 Å². The second kappa shape index (κ2) is 8.49. The highest BCUT2D eigenvalue weighted by Crippen LogP contribution is 2.40. The summed E-state index contributed by atoms with van der Waals surface area (Å²) in [6, 6.07) is 12.7. The van der Waals surface area contributed by atoms with Crippen molar-refractivity contribution in [1.82, 2.24) is 14.8 Å². The van der Waals surface area contributed by atoms with Crippen molar-refractivity contribution < 1.29 is 4.79 Å². The van der Waals surface area contributed by atoms with Crippen molar-refractivity contribution in [2.75, 3.05) is 5.32 Å². The molecule has 0 unspecified atom stereocenters. The van der Waals surface area contributed by atoms with E-state index in [9.17, 15) is 4.79 Å². The molecule has 2 heterocycles. The van der Waals surface area contributed by atoms with Crippen LogP contribution in [0.1, 0.15) is 49.0 Å². The van der Waals surface area contributed by atoms with E-state index in [1.54, 1.807) is 11.3 Å². The molecule has 4 rings (SSSR count). The van der Waals surface area contributed by atoms with Crippen LogP contribution >= 0.6 is 23.1 Å². The number of hydrogen-bond acceptors (Lipinski definition) is 5. The van der Waals surface area contributed by atoms with E-state index in [0.29, 0.717) is 6.04 Å². The average Bonchev–Trinajstić information content (AvgIpc) is 3.26. The van der Waals surface area contributed by atoms with Crippen LogP contribution in [-0.2, 0) is 17.6 Å². The summed E-state index contributed by atoms with van der Waals surface area (Å²) < 4.78 is 2.24. The molecule has 1 N–H and O–H groups in total. The number of aromatic nitrogens is 3. The summed E-state index contributed by atoms with van der Waals surface area (Å²) in [6.07, 6.45) is 4.11. The third-order valence-electron chi connectivity index (χ3n) is 4.84. The van der Waals surface area contributed by atoms with Gasteiger partial charge in [0, 0.05) is 23.0 Å². The van der Waals surface area contributed by atoms with Gasteiger partial charge in [-0.25, -0.2) is 0 Å². The summed E-state index contributed by atoms with van der Waals surface area (Å²) in [5, 5.41) is 14.5. The maximum absolute atomic E-state index is 12.6. The smallest absolute Gasteiger partial charge is 0.237 e. The molecule has 3 aromatic rings. The van der Waals surface area contributed by atoms with E-state index in [2.05, 4.69) is 44.5 Å². The molecule has 0 bridgehead atoms. The fourth-order valence-electron chi connectivity index (χ4n) is 3.06. The van der Waals surface area contributed by atoms with Crippen LogP contribution in [0.3, 0.4) is 0 Å². The monoisotopic (exact) mass is 412 g/mol. The zero-order valence-corrected chi connectivity index (χ0v) is 17.7. The van der Waals surface area contributed by atoms with Gasteiger partial charge in [-0.3, -0.25) is 4.79 Å². The number of carbonyl (C=O) groups excluding carboxylic acids is 1. The van der Waals surface area contributed by atoms with Gasteiger partial charge in [0.15, 0.2) is 5.16 Å². The van der Waals surface area contributed by atoms with Crippen LogP contribution < -0.4 is 5.32 Å². The van der Waals surface area contributed by atoms with Gasteiger partial charge in [0.2, 0.25) is 5.91 Å². The summed E-state index contributed by atoms with van der Waals surface area (Å²) in [4.78, 5) is 13.9. The van der Waals surface area contributed by atoms with Gasteiger partial charge in [0.25, 0.3) is 0 Å². The highest BCUT2D eigenvalue weighted by atomic mass is 32.2. The highest BCUT2D eigenvalue weighted by molar-refractivity contribution is 8.00. The normalized spacial score (nSPS) is 14.8. The third kappa shape index (κ3) is 4.47. The number of thioether (sulfide) groups is 1. The number of benzene rings is 1. The number of nitrogens with one attached hydrogen (secondary N) is 1. The van der Waals surface area contributed by atoms with E-state index in [1.165, 1.54) is 22.2 Å². The van der Waals surface area contributed by atoms with E-state index in [-0.39, 0.29) is 11.2 Å². The van der Waals surface area contributed by atoms with Crippen LogP contribution in [-0.4, -0.2) is 25.9 Å². The molecule has 28 heavy (non-hydrogen) atoms. The van der Waals surface area contributed by atoms with E-state index in [1.807, 2.05) is 31.2 Å². The summed E-state index contributed by atoms with van der Waals surface area (Å²) in [7, 11) is 0. The van der Waals surface area contributed by atoms with E-state index < -0.39 is 0 Å². The lowest BCUT2D eigenvalue weighted by Crippen LogP contribution is -2.23. The molecule has 5 nitrogen and oxygen atoms in total. The fraction of sp³-hybridized carbons (Fsp3) is 0.381. The first-order valence-electron chi connectivity index (χ1n) is 9.66. The van der Waals surface area contributed by atoms with Gasteiger partial charge in [0.1, 0.15) is 5.82 Å². The molecule has 0 radical (unpaired) electrons. The quantitative estimate of drug-likeness (QED) is 0.532. The average molecular weight is 413 g/mol. The number of anilines is 1. The number of amides is 1. The Bertz CT molecular complexity index is 930. The zero-order chi connectivity index (χ0) is 19.5. The number of aryl methyl sites for hydroxylation is 1. The first-order valence-corrected chi connectivity index (χ1v) is 11.4. The Morgan fingerprint density at radius 3 is 2.71 bits per heavy atom. The van der Waals surface area contributed by atoms with Crippen molar-refractivity contribution in [2.45, 2.75) is 56.0 Å². The van der Waals surface area contributed by atoms with Crippen LogP contribution in [0.4, 0.5) is 5.69 Å². The molecule has 1 aromatic carbocycles. The number of rotatable bonds is 8. The van der Waals surface area contributed by atoms with Crippen LogP contribution in [0.5, 0.6) is 0 Å². The van der Waals surface area contributed by atoms with Gasteiger partial charge in [-0.2, -0.15) is 0 Å². The summed E-state index contributed by atoms with van der Waals surface area (Å²) in [5.41, 5.74) is 2.09. The maximum Gasteiger partial charge on any atom is 0.237 e. The molecule has 1 aliphatic carbocycles. The molecule has 146 valence electrons. The Morgan fingerprint density at radius 2 is 2.07 bits per heavy atom. The van der Waals surface area contributed by atoms with Crippen LogP contribution in [0.2, 0.25) is 0 Å². The molecule has 1 saturated carbocycles. The molecule has 0 aliphatic heterocycles. The molecule has 0 saturated heterocycles. The number of hydrogen-bond donors (Lipinski definition) is 1. The van der Waals surface area contributed by atoms with Gasteiger partial charge in [-0.05, 0) is 55.3 Å². The maximum atomic E-state index is 12.6. The minimum atomic E-state index is -0.248. The Labute approximate surface area is 173 Å². The second-order valence-electron chi connectivity index (χ2n) is 7.06. The highest BCUT2D eigenvalue weighted by Gasteiger charge is 2.31. The van der Waals surface area contributed by atoms with Crippen LogP contribution in [0.25, 0.3) is 0 Å². The Balaban J connectivity index is 1.44. The topological polar surface area (TPSA) is 59.8 Å². The molecule has 1 fully saturated rings. The van der Waals surface area contributed by atoms with E-state index >= 15 is 0 Å². The molecule has 1 atom stereocenters. The standard InChI is InChI=1S/C21H24N4OS2/c1-3-15-6-8-16(9-7-15)22-20(26)14(2)28-21-24-23-19(25(21)17-10-11-17)13-18-5-4-12-27-18/h4-9,12,14,17H,3,10-11,13H2,1-2H3,(H,22,26)/t14-/m0/s1. The van der Waals surface area contributed by atoms with Crippen molar-refractivity contribution in [2.24, 2.45) is 0 Å². The van der Waals surface area contributed by atoms with Crippen molar-refractivity contribution >= 4 is 34.7 Å². The Kier molecular flexibility index (Phi) is 5.82. The molecule has 1 aliphatic rings. The summed E-state index contributed by atoms with van der Waals surface area (Å²) >= 11 is 3.23. The molecule has 7 heteroatoms. The first-order chi connectivity index (χ1) is 13.6. The fourth-order valence-corrected chi connectivity index (χ4v) is 4.70. The van der Waals surface area contributed by atoms with Crippen molar-refractivity contribution in [3.63, 3.8) is 0 Å².